The first-order valence-electron chi connectivity index (χ1n) is 28.8. The Kier molecular flexibility index (Phi) is 22.2. The van der Waals surface area contributed by atoms with Crippen molar-refractivity contribution in [3.05, 3.63) is 105 Å². The van der Waals surface area contributed by atoms with E-state index in [-0.39, 0.29) is 97.8 Å². The number of hydrogen-bond acceptors (Lipinski definition) is 15. The number of H-pyrrole nitrogens is 1. The number of rotatable bonds is 22. The molecule has 0 spiro atoms. The number of carbonyl (C=O) groups excluding carboxylic acids is 9. The van der Waals surface area contributed by atoms with E-state index in [0.29, 0.717) is 36.8 Å². The second-order valence-electron chi connectivity index (χ2n) is 23.6. The first-order valence-corrected chi connectivity index (χ1v) is 31.6. The van der Waals surface area contributed by atoms with Gasteiger partial charge in [0.25, 0.3) is 11.4 Å². The van der Waals surface area contributed by atoms with Crippen molar-refractivity contribution < 1.29 is 67.3 Å². The number of aromatic amines is 1. The average molecular weight is 1270 g/mol. The second kappa shape index (κ2) is 28.7. The van der Waals surface area contributed by atoms with Gasteiger partial charge >= 0.3 is 7.60 Å². The molecule has 3 aromatic carbocycles. The molecule has 3 aliphatic heterocycles. The highest BCUT2D eigenvalue weighted by molar-refractivity contribution is 7.70. The maximum Gasteiger partial charge on any atom is 0.396 e. The van der Waals surface area contributed by atoms with Gasteiger partial charge in [0.15, 0.2) is 0 Å². The summed E-state index contributed by atoms with van der Waals surface area (Å²) in [6.45, 7) is 10.3. The molecule has 28 heteroatoms. The normalized spacial score (nSPS) is 19.7. The Morgan fingerprint density at radius 1 is 0.932 bits per heavy atom. The third kappa shape index (κ3) is 16.4. The molecule has 0 bridgehead atoms. The Balaban J connectivity index is 0.0000110. The van der Waals surface area contributed by atoms with Crippen molar-refractivity contribution >= 4 is 94.2 Å². The van der Waals surface area contributed by atoms with Gasteiger partial charge in [0.05, 0.1) is 39.3 Å². The molecular formula is C60H77ClN11O14PS. The highest BCUT2D eigenvalue weighted by Gasteiger charge is 2.47. The number of β-amino-alcohol motifs (C(OH)–C–C–N with tert-alkyl or cyclic N) is 1. The third-order valence-electron chi connectivity index (χ3n) is 16.1. The number of carbonyl (C=O) groups is 9. The van der Waals surface area contributed by atoms with E-state index < -0.39 is 108 Å². The van der Waals surface area contributed by atoms with Crippen molar-refractivity contribution in [1.29, 1.82) is 0 Å². The van der Waals surface area contributed by atoms with E-state index in [1.165, 1.54) is 45.9 Å². The number of nitrogens with two attached hydrogens (primary N) is 1. The number of aliphatic hydroxyl groups is 1. The van der Waals surface area contributed by atoms with Gasteiger partial charge in [-0.3, -0.25) is 47.7 Å². The van der Waals surface area contributed by atoms with E-state index in [1.807, 2.05) is 38.1 Å². The van der Waals surface area contributed by atoms with Gasteiger partial charge in [0.1, 0.15) is 42.2 Å². The van der Waals surface area contributed by atoms with Crippen molar-refractivity contribution in [2.24, 2.45) is 11.1 Å². The molecule has 5 heterocycles. The molecule has 0 aliphatic carbocycles. The van der Waals surface area contributed by atoms with Gasteiger partial charge < -0.3 is 72.5 Å². The fraction of sp³-hybridized carbons (Fsp3) is 0.467. The Morgan fingerprint density at radius 2 is 1.65 bits per heavy atom. The SMILES string of the molecule is CC(=O)N1CC[C@H]2CC[C@@H](C(=O)N[C@@H](CCC(N)=O)COc3cccc(CCCC(=O)NC(C(=O)N4C[C@H](O)C[C@H]4C(=O)N[C@@H](C)c4ccc(-c5scnc5C)cc4)C(C)(C)C)c3Cl)N2C(=O)[C@@H](NC(=O)c2cc3cc(C(=O)P(=O)(O)O)ccc3[nH]2)C1.N. The zero-order chi connectivity index (χ0) is 63.2. The molecule has 0 radical (unpaired) electrons. The summed E-state index contributed by atoms with van der Waals surface area (Å²) >= 11 is 8.46. The summed E-state index contributed by atoms with van der Waals surface area (Å²) in [7, 11) is -5.10. The summed E-state index contributed by atoms with van der Waals surface area (Å²) in [5.74, 6) is -4.02. The van der Waals surface area contributed by atoms with Gasteiger partial charge in [0, 0.05) is 68.3 Å². The van der Waals surface area contributed by atoms with Crippen molar-refractivity contribution in [3.63, 3.8) is 0 Å². The molecule has 2 aromatic heterocycles. The first-order chi connectivity index (χ1) is 41.1. The summed E-state index contributed by atoms with van der Waals surface area (Å²) in [5, 5.41) is 22.8. The smallest absolute Gasteiger partial charge is 0.396 e. The number of primary amides is 1. The zero-order valence-corrected chi connectivity index (χ0v) is 52.3. The van der Waals surface area contributed by atoms with Crippen molar-refractivity contribution in [1.82, 2.24) is 52.1 Å². The Bertz CT molecular complexity index is 3500. The minimum atomic E-state index is -5.10. The lowest BCUT2D eigenvalue weighted by Crippen LogP contribution is -2.61. The number of amides is 8. The maximum absolute atomic E-state index is 14.6. The number of nitrogens with zero attached hydrogens (tertiary/aromatic N) is 4. The Morgan fingerprint density at radius 3 is 2.31 bits per heavy atom. The van der Waals surface area contributed by atoms with E-state index in [4.69, 9.17) is 22.1 Å². The molecule has 25 nitrogen and oxygen atoms in total. The number of hydrogen-bond donors (Lipinski definition) is 10. The molecule has 5 aromatic rings. The van der Waals surface area contributed by atoms with E-state index in [2.05, 4.69) is 31.2 Å². The molecule has 1 unspecified atom stereocenters. The number of halogens is 1. The van der Waals surface area contributed by atoms with Gasteiger partial charge in [-0.05, 0) is 105 Å². The largest absolute Gasteiger partial charge is 0.490 e. The quantitative estimate of drug-likeness (QED) is 0.0409. The van der Waals surface area contributed by atoms with E-state index in [9.17, 15) is 62.6 Å². The Hall–Kier alpha value is -7.58. The molecule has 88 heavy (non-hydrogen) atoms. The van der Waals surface area contributed by atoms with Crippen LogP contribution in [0.3, 0.4) is 0 Å². The minimum Gasteiger partial charge on any atom is -0.490 e. The van der Waals surface area contributed by atoms with Crippen LogP contribution in [-0.2, 0) is 44.5 Å². The number of aliphatic hydroxyl groups excluding tert-OH is 1. The highest BCUT2D eigenvalue weighted by Crippen LogP contribution is 2.40. The third-order valence-corrected chi connectivity index (χ3v) is 18.3. The van der Waals surface area contributed by atoms with Crippen LogP contribution >= 0.6 is 30.5 Å². The number of fused-ring (bicyclic) bond motifs is 2. The van der Waals surface area contributed by atoms with Crippen LogP contribution in [0.1, 0.15) is 130 Å². The number of thiazole rings is 1. The van der Waals surface area contributed by atoms with Gasteiger partial charge in [-0.2, -0.15) is 0 Å². The van der Waals surface area contributed by atoms with Crippen molar-refractivity contribution in [2.45, 2.75) is 148 Å². The molecule has 3 aliphatic rings. The van der Waals surface area contributed by atoms with Gasteiger partial charge in [-0.25, -0.2) is 4.98 Å². The number of aryl methyl sites for hydroxylation is 2. The van der Waals surface area contributed by atoms with Crippen LogP contribution in [0, 0.1) is 12.3 Å². The van der Waals surface area contributed by atoms with Crippen LogP contribution in [0.2, 0.25) is 5.02 Å². The number of nitrogens with one attached hydrogen (secondary N) is 5. The van der Waals surface area contributed by atoms with E-state index >= 15 is 0 Å². The predicted molar refractivity (Wildman–Crippen MR) is 328 cm³/mol. The van der Waals surface area contributed by atoms with E-state index in [1.54, 1.807) is 55.8 Å². The first kappa shape index (κ1) is 67.9. The topological polar surface area (TPSA) is 388 Å². The van der Waals surface area contributed by atoms with Gasteiger partial charge in [-0.1, -0.05) is 68.8 Å². The van der Waals surface area contributed by atoms with E-state index in [0.717, 1.165) is 21.7 Å². The number of ether oxygens (including phenoxy) is 1. The minimum absolute atomic E-state index is 0. The molecule has 3 fully saturated rings. The number of likely N-dealkylation sites (tertiary alicyclic amines) is 1. The monoisotopic (exact) mass is 1270 g/mol. The van der Waals surface area contributed by atoms with Crippen molar-refractivity contribution in [2.75, 3.05) is 26.2 Å². The highest BCUT2D eigenvalue weighted by atomic mass is 35.5. The number of aromatic nitrogens is 2. The van der Waals surface area contributed by atoms with Gasteiger partial charge in [0.2, 0.25) is 41.4 Å². The van der Waals surface area contributed by atoms with Crippen LogP contribution in [-0.4, -0.2) is 161 Å². The standard InChI is InChI=1S/C60H74ClN10O14PS.H3N/c1-32(35-13-15-37(16-14-35)52-33(2)63-31-87-52)64-56(78)47-27-42(73)28-70(47)58(80)53(60(4,5)6)68-50(75)12-8-10-36-9-7-11-48(51(36)61)85-30-40(18-22-49(62)74)65-55(77)46-21-19-41-23-24-69(34(3)72)29-45(57(79)71(41)46)67-54(76)44-26-39-25-38(17-20-43(39)66-44)59(81)86(82,83)84;/h7,9,11,13-17,20,25-26,31-32,40-42,45-47,53,66,73H,8,10,12,18-19,21-24,27-30H2,1-6H3,(H2,62,74)(H,64,78)(H,65,77)(H,67,76)(H,68,75)(H2,82,83,84);1H3/t32-,40-,41+,42+,45-,46-,47-,53?;/m0./s1. The fourth-order valence-electron chi connectivity index (χ4n) is 11.4. The van der Waals surface area contributed by atoms with Crippen LogP contribution in [0.15, 0.2) is 72.2 Å². The van der Waals surface area contributed by atoms with Crippen molar-refractivity contribution in [3.8, 4) is 16.2 Å². The maximum atomic E-state index is 14.6. The molecule has 8 rings (SSSR count). The van der Waals surface area contributed by atoms with Crippen LogP contribution in [0.4, 0.5) is 0 Å². The molecule has 474 valence electrons. The summed E-state index contributed by atoms with van der Waals surface area (Å²) in [5.41, 5.74) is 8.61. The second-order valence-corrected chi connectivity index (χ2v) is 26.3. The summed E-state index contributed by atoms with van der Waals surface area (Å²) in [6, 6.07) is 12.0. The average Bonchev–Trinajstić information content (AvgIpc) is 1.80. The number of benzene rings is 3. The molecule has 8 amide bonds. The lowest BCUT2D eigenvalue weighted by atomic mass is 9.85. The molecular weight excluding hydrogens is 1200 g/mol. The lowest BCUT2D eigenvalue weighted by molar-refractivity contribution is -0.145. The molecule has 13 N–H and O–H groups in total. The fourth-order valence-corrected chi connectivity index (χ4v) is 12.9. The van der Waals surface area contributed by atoms with Crippen LogP contribution < -0.4 is 37.9 Å². The van der Waals surface area contributed by atoms with Crippen LogP contribution in [0.5, 0.6) is 5.75 Å². The van der Waals surface area contributed by atoms with Gasteiger partial charge in [-0.15, -0.1) is 11.3 Å². The Labute approximate surface area is 518 Å². The molecule has 3 saturated heterocycles. The summed E-state index contributed by atoms with van der Waals surface area (Å²) < 4.78 is 17.8. The summed E-state index contributed by atoms with van der Waals surface area (Å²) in [6.07, 6.45) is 0.592. The van der Waals surface area contributed by atoms with Crippen LogP contribution in [0.25, 0.3) is 21.3 Å². The lowest BCUT2D eigenvalue weighted by Gasteiger charge is -2.38. The summed E-state index contributed by atoms with van der Waals surface area (Å²) in [4.78, 5) is 153. The molecule has 0 saturated carbocycles. The zero-order valence-electron chi connectivity index (χ0n) is 49.9. The predicted octanol–water partition coefficient (Wildman–Crippen LogP) is 4.97. The molecule has 8 atom stereocenters.